The Bertz CT molecular complexity index is 1150. The van der Waals surface area contributed by atoms with Gasteiger partial charge in [-0.25, -0.2) is 4.79 Å². The summed E-state index contributed by atoms with van der Waals surface area (Å²) in [4.78, 5) is 30.6. The first-order valence-electron chi connectivity index (χ1n) is 12.7. The van der Waals surface area contributed by atoms with Crippen molar-refractivity contribution in [2.45, 2.75) is 58.2 Å². The Kier molecular flexibility index (Phi) is 8.45. The third-order valence-corrected chi connectivity index (χ3v) is 6.73. The van der Waals surface area contributed by atoms with Crippen LogP contribution >= 0.6 is 11.6 Å². The molecule has 1 fully saturated rings. The van der Waals surface area contributed by atoms with E-state index in [1.165, 1.54) is 0 Å². The van der Waals surface area contributed by atoms with Crippen LogP contribution in [-0.4, -0.2) is 64.9 Å². The molecule has 0 unspecified atom stereocenters. The van der Waals surface area contributed by atoms with E-state index in [2.05, 4.69) is 0 Å². The zero-order valence-electron chi connectivity index (χ0n) is 21.7. The number of aliphatic hydroxyl groups is 1. The van der Waals surface area contributed by atoms with E-state index < -0.39 is 11.7 Å². The van der Waals surface area contributed by atoms with Crippen LogP contribution in [0.5, 0.6) is 5.75 Å². The minimum absolute atomic E-state index is 0.0610. The first-order chi connectivity index (χ1) is 17.7. The van der Waals surface area contributed by atoms with E-state index in [-0.39, 0.29) is 31.7 Å². The highest BCUT2D eigenvalue weighted by Gasteiger charge is 2.38. The van der Waals surface area contributed by atoms with Crippen LogP contribution in [0, 0.1) is 0 Å². The molecule has 1 saturated carbocycles. The van der Waals surface area contributed by atoms with Crippen molar-refractivity contribution in [2.24, 2.45) is 0 Å². The lowest BCUT2D eigenvalue weighted by Gasteiger charge is -2.34. The molecule has 1 aliphatic carbocycles. The standard InChI is InChI=1S/C29H35ClN2O5/c1-29(2,3)37-28(35)31-15-14-24(20-8-12-23(13-9-20)36-17-16-33)25(19-31)27(34)32(22-10-11-22)18-21-6-4-5-7-26(21)30/h4-9,12-13,22,33H,10-11,14-19H2,1-3H3. The van der Waals surface area contributed by atoms with Crippen molar-refractivity contribution < 1.29 is 24.2 Å². The van der Waals surface area contributed by atoms with Crippen molar-refractivity contribution in [1.29, 1.82) is 0 Å². The number of carbonyl (C=O) groups is 2. The number of hydrogen-bond donors (Lipinski definition) is 1. The molecule has 0 radical (unpaired) electrons. The van der Waals surface area contributed by atoms with Crippen LogP contribution in [0.1, 0.15) is 51.2 Å². The molecule has 2 aromatic rings. The van der Waals surface area contributed by atoms with Gasteiger partial charge in [-0.05, 0) is 74.9 Å². The SMILES string of the molecule is CC(C)(C)OC(=O)N1CCC(c2ccc(OCCO)cc2)=C(C(=O)N(Cc2ccccc2Cl)C2CC2)C1. The zero-order chi connectivity index (χ0) is 26.6. The van der Waals surface area contributed by atoms with Crippen molar-refractivity contribution in [3.63, 3.8) is 0 Å². The van der Waals surface area contributed by atoms with E-state index in [1.807, 2.05) is 74.2 Å². The summed E-state index contributed by atoms with van der Waals surface area (Å²) >= 11 is 6.44. The monoisotopic (exact) mass is 526 g/mol. The van der Waals surface area contributed by atoms with Crippen LogP contribution < -0.4 is 4.74 Å². The van der Waals surface area contributed by atoms with Gasteiger partial charge in [-0.15, -0.1) is 0 Å². The third kappa shape index (κ3) is 7.05. The largest absolute Gasteiger partial charge is 0.491 e. The summed E-state index contributed by atoms with van der Waals surface area (Å²) in [5.41, 5.74) is 2.71. The van der Waals surface area contributed by atoms with Crippen LogP contribution in [0.4, 0.5) is 4.79 Å². The summed E-state index contributed by atoms with van der Waals surface area (Å²) < 4.78 is 11.1. The molecule has 1 aliphatic heterocycles. The average molecular weight is 527 g/mol. The minimum atomic E-state index is -0.625. The lowest BCUT2D eigenvalue weighted by Crippen LogP contribution is -2.44. The third-order valence-electron chi connectivity index (χ3n) is 6.36. The number of aliphatic hydroxyl groups excluding tert-OH is 1. The molecule has 0 atom stereocenters. The fourth-order valence-corrected chi connectivity index (χ4v) is 4.61. The van der Waals surface area contributed by atoms with Gasteiger partial charge in [0.1, 0.15) is 18.0 Å². The van der Waals surface area contributed by atoms with E-state index in [4.69, 9.17) is 26.2 Å². The highest BCUT2D eigenvalue weighted by Crippen LogP contribution is 2.35. The summed E-state index contributed by atoms with van der Waals surface area (Å²) in [6.45, 7) is 6.71. The summed E-state index contributed by atoms with van der Waals surface area (Å²) in [6, 6.07) is 15.3. The number of nitrogens with zero attached hydrogens (tertiary/aromatic N) is 2. The number of benzene rings is 2. The molecule has 8 heteroatoms. The number of ether oxygens (including phenoxy) is 2. The lowest BCUT2D eigenvalue weighted by atomic mass is 9.92. The van der Waals surface area contributed by atoms with Gasteiger partial charge in [0.05, 0.1) is 13.2 Å². The smallest absolute Gasteiger partial charge is 0.410 e. The van der Waals surface area contributed by atoms with Gasteiger partial charge in [-0.2, -0.15) is 0 Å². The van der Waals surface area contributed by atoms with Gasteiger partial charge in [-0.1, -0.05) is 41.9 Å². The molecule has 7 nitrogen and oxygen atoms in total. The zero-order valence-corrected chi connectivity index (χ0v) is 22.5. The van der Waals surface area contributed by atoms with E-state index in [1.54, 1.807) is 4.90 Å². The van der Waals surface area contributed by atoms with Gasteiger partial charge in [0.25, 0.3) is 5.91 Å². The molecule has 2 aliphatic rings. The highest BCUT2D eigenvalue weighted by molar-refractivity contribution is 6.31. The number of amides is 2. The first-order valence-corrected chi connectivity index (χ1v) is 13.1. The molecular weight excluding hydrogens is 492 g/mol. The Hall–Kier alpha value is -3.03. The molecule has 0 saturated heterocycles. The van der Waals surface area contributed by atoms with E-state index in [0.717, 1.165) is 29.5 Å². The second kappa shape index (κ2) is 11.6. The minimum Gasteiger partial charge on any atom is -0.491 e. The molecule has 0 bridgehead atoms. The lowest BCUT2D eigenvalue weighted by molar-refractivity contribution is -0.128. The maximum Gasteiger partial charge on any atom is 0.410 e. The molecule has 1 heterocycles. The Morgan fingerprint density at radius 2 is 1.81 bits per heavy atom. The summed E-state index contributed by atoms with van der Waals surface area (Å²) in [5, 5.41) is 9.65. The molecule has 37 heavy (non-hydrogen) atoms. The number of hydrogen-bond acceptors (Lipinski definition) is 5. The maximum atomic E-state index is 14.1. The van der Waals surface area contributed by atoms with Crippen LogP contribution in [0.15, 0.2) is 54.1 Å². The summed E-state index contributed by atoms with van der Waals surface area (Å²) in [5.74, 6) is 0.571. The fraction of sp³-hybridized carbons (Fsp3) is 0.448. The Labute approximate surface area is 223 Å². The first kappa shape index (κ1) is 27.0. The van der Waals surface area contributed by atoms with Crippen LogP contribution in [0.3, 0.4) is 0 Å². The van der Waals surface area contributed by atoms with E-state index in [9.17, 15) is 9.59 Å². The van der Waals surface area contributed by atoms with Gasteiger partial charge >= 0.3 is 6.09 Å². The van der Waals surface area contributed by atoms with Crippen molar-refractivity contribution >= 4 is 29.2 Å². The predicted molar refractivity (Wildman–Crippen MR) is 143 cm³/mol. The highest BCUT2D eigenvalue weighted by atomic mass is 35.5. The van der Waals surface area contributed by atoms with Crippen molar-refractivity contribution in [3.8, 4) is 5.75 Å². The van der Waals surface area contributed by atoms with Gasteiger partial charge in [0, 0.05) is 29.7 Å². The molecule has 1 N–H and O–H groups in total. The summed E-state index contributed by atoms with van der Waals surface area (Å²) in [6.07, 6.45) is 2.01. The molecule has 2 aromatic carbocycles. The van der Waals surface area contributed by atoms with Gasteiger partial charge in [0.15, 0.2) is 0 Å². The maximum absolute atomic E-state index is 14.1. The van der Waals surface area contributed by atoms with Crippen molar-refractivity contribution in [3.05, 3.63) is 70.3 Å². The van der Waals surface area contributed by atoms with E-state index >= 15 is 0 Å². The second-order valence-corrected chi connectivity index (χ2v) is 10.9. The van der Waals surface area contributed by atoms with Crippen LogP contribution in [0.25, 0.3) is 5.57 Å². The Balaban J connectivity index is 1.67. The van der Waals surface area contributed by atoms with Gasteiger partial charge in [-0.3, -0.25) is 4.79 Å². The average Bonchev–Trinajstić information content (AvgIpc) is 3.71. The molecule has 0 spiro atoms. The molecular formula is C29H35ClN2O5. The van der Waals surface area contributed by atoms with Crippen LogP contribution in [0.2, 0.25) is 5.02 Å². The Morgan fingerprint density at radius 1 is 1.11 bits per heavy atom. The molecule has 0 aromatic heterocycles. The quantitative estimate of drug-likeness (QED) is 0.505. The molecule has 4 rings (SSSR count). The molecule has 198 valence electrons. The number of halogens is 1. The van der Waals surface area contributed by atoms with Crippen molar-refractivity contribution in [1.82, 2.24) is 9.80 Å². The Morgan fingerprint density at radius 3 is 2.43 bits per heavy atom. The normalized spacial score (nSPS) is 16.0. The summed E-state index contributed by atoms with van der Waals surface area (Å²) in [7, 11) is 0. The van der Waals surface area contributed by atoms with Gasteiger partial charge < -0.3 is 24.4 Å². The van der Waals surface area contributed by atoms with E-state index in [0.29, 0.717) is 35.9 Å². The topological polar surface area (TPSA) is 79.3 Å². The predicted octanol–water partition coefficient (Wildman–Crippen LogP) is 5.30. The van der Waals surface area contributed by atoms with Crippen molar-refractivity contribution in [2.75, 3.05) is 26.3 Å². The van der Waals surface area contributed by atoms with Gasteiger partial charge in [0.2, 0.25) is 0 Å². The van der Waals surface area contributed by atoms with Crippen LogP contribution in [-0.2, 0) is 16.1 Å². The second-order valence-electron chi connectivity index (χ2n) is 10.5. The fourth-order valence-electron chi connectivity index (χ4n) is 4.41. The number of rotatable bonds is 8. The molecule has 2 amide bonds. The number of carbonyl (C=O) groups excluding carboxylic acids is 2.